The zero-order chi connectivity index (χ0) is 18.0. The highest BCUT2D eigenvalue weighted by molar-refractivity contribution is 7.26. The molecule has 0 spiro atoms. The Morgan fingerprint density at radius 1 is 0.704 bits per heavy atom. The molecule has 3 nitrogen and oxygen atoms in total. The van der Waals surface area contributed by atoms with Crippen LogP contribution in [0.2, 0.25) is 0 Å². The number of rotatable bonds is 1. The molecule has 0 aliphatic heterocycles. The number of nitrogens with two attached hydrogens (primary N) is 1. The second-order valence-electron chi connectivity index (χ2n) is 6.75. The first-order valence-corrected chi connectivity index (χ1v) is 9.69. The quantitative estimate of drug-likeness (QED) is 0.207. The fourth-order valence-electron chi connectivity index (χ4n) is 4.14. The molecule has 0 saturated carbocycles. The molecule has 3 N–H and O–H groups in total. The van der Waals surface area contributed by atoms with Crippen LogP contribution in [-0.2, 0) is 0 Å². The van der Waals surface area contributed by atoms with Gasteiger partial charge in [-0.15, -0.1) is 11.3 Å². The van der Waals surface area contributed by atoms with Gasteiger partial charge < -0.3 is 5.43 Å². The third-order valence-electron chi connectivity index (χ3n) is 5.32. The summed E-state index contributed by atoms with van der Waals surface area (Å²) in [7, 11) is 0. The van der Waals surface area contributed by atoms with Crippen molar-refractivity contribution in [3.63, 3.8) is 0 Å². The SMILES string of the molecule is NNc1nc2c(ccc3ccc4ccccc4c32)c2c1sc1ccccc12. The Bertz CT molecular complexity index is 1510. The molecule has 4 heteroatoms. The minimum atomic E-state index is 0.735. The first-order chi connectivity index (χ1) is 13.3. The van der Waals surface area contributed by atoms with Crippen molar-refractivity contribution in [3.8, 4) is 0 Å². The highest BCUT2D eigenvalue weighted by Crippen LogP contribution is 2.43. The predicted molar refractivity (Wildman–Crippen MR) is 117 cm³/mol. The molecule has 0 radical (unpaired) electrons. The maximum absolute atomic E-state index is 5.88. The van der Waals surface area contributed by atoms with Gasteiger partial charge in [0.25, 0.3) is 0 Å². The van der Waals surface area contributed by atoms with Crippen molar-refractivity contribution < 1.29 is 0 Å². The molecule has 128 valence electrons. The van der Waals surface area contributed by atoms with Gasteiger partial charge >= 0.3 is 0 Å². The van der Waals surface area contributed by atoms with Crippen LogP contribution in [0.4, 0.5) is 5.82 Å². The Kier molecular flexibility index (Phi) is 2.98. The van der Waals surface area contributed by atoms with Crippen LogP contribution in [-0.4, -0.2) is 4.98 Å². The summed E-state index contributed by atoms with van der Waals surface area (Å²) < 4.78 is 2.35. The minimum absolute atomic E-state index is 0.735. The van der Waals surface area contributed by atoms with Gasteiger partial charge in [-0.2, -0.15) is 0 Å². The van der Waals surface area contributed by atoms with Crippen molar-refractivity contribution in [2.45, 2.75) is 0 Å². The smallest absolute Gasteiger partial charge is 0.158 e. The summed E-state index contributed by atoms with van der Waals surface area (Å²) in [4.78, 5) is 4.97. The van der Waals surface area contributed by atoms with E-state index in [4.69, 9.17) is 10.8 Å². The van der Waals surface area contributed by atoms with Crippen molar-refractivity contribution >= 4 is 69.8 Å². The van der Waals surface area contributed by atoms with Gasteiger partial charge in [-0.3, -0.25) is 0 Å². The molecule has 0 aliphatic carbocycles. The lowest BCUT2D eigenvalue weighted by Crippen LogP contribution is -2.08. The van der Waals surface area contributed by atoms with E-state index in [9.17, 15) is 0 Å². The first kappa shape index (κ1) is 14.9. The molecule has 2 heterocycles. The summed E-state index contributed by atoms with van der Waals surface area (Å²) >= 11 is 1.73. The fraction of sp³-hybridized carbons (Fsp3) is 0. The molecule has 2 aromatic heterocycles. The van der Waals surface area contributed by atoms with Gasteiger partial charge in [0.2, 0.25) is 0 Å². The number of hydrogen-bond acceptors (Lipinski definition) is 4. The van der Waals surface area contributed by atoms with Gasteiger partial charge in [-0.1, -0.05) is 66.7 Å². The van der Waals surface area contributed by atoms with E-state index in [0.717, 1.165) is 16.0 Å². The van der Waals surface area contributed by atoms with Crippen molar-refractivity contribution in [3.05, 3.63) is 72.8 Å². The van der Waals surface area contributed by atoms with Crippen molar-refractivity contribution in [1.29, 1.82) is 0 Å². The number of nitrogens with zero attached hydrogens (tertiary/aromatic N) is 1. The summed E-state index contributed by atoms with van der Waals surface area (Å²) in [6.45, 7) is 0. The number of pyridine rings is 1. The van der Waals surface area contributed by atoms with E-state index in [1.807, 2.05) is 0 Å². The van der Waals surface area contributed by atoms with E-state index in [2.05, 4.69) is 78.2 Å². The topological polar surface area (TPSA) is 50.9 Å². The largest absolute Gasteiger partial charge is 0.307 e. The Balaban J connectivity index is 1.96. The number of nitrogens with one attached hydrogen (secondary N) is 1. The summed E-state index contributed by atoms with van der Waals surface area (Å²) in [5.74, 6) is 6.61. The van der Waals surface area contributed by atoms with Gasteiger partial charge in [-0.25, -0.2) is 10.8 Å². The molecule has 0 amide bonds. The molecular formula is C23H15N3S. The molecule has 6 rings (SSSR count). The number of aromatic nitrogens is 1. The molecule has 0 aliphatic rings. The molecule has 6 aromatic rings. The van der Waals surface area contributed by atoms with Gasteiger partial charge in [0.05, 0.1) is 10.2 Å². The maximum atomic E-state index is 5.88. The lowest BCUT2D eigenvalue weighted by atomic mass is 9.97. The van der Waals surface area contributed by atoms with E-state index in [-0.39, 0.29) is 0 Å². The molecule has 0 unspecified atom stereocenters. The average Bonchev–Trinajstić information content (AvgIpc) is 3.12. The predicted octanol–water partition coefficient (Wildman–Crippen LogP) is 6.19. The van der Waals surface area contributed by atoms with Crippen molar-refractivity contribution in [1.82, 2.24) is 4.98 Å². The normalized spacial score (nSPS) is 11.9. The van der Waals surface area contributed by atoms with Crippen LogP contribution < -0.4 is 11.3 Å². The van der Waals surface area contributed by atoms with Gasteiger partial charge in [0.1, 0.15) is 0 Å². The lowest BCUT2D eigenvalue weighted by molar-refractivity contribution is 1.29. The van der Waals surface area contributed by atoms with Crippen molar-refractivity contribution in [2.24, 2.45) is 5.84 Å². The summed E-state index contributed by atoms with van der Waals surface area (Å²) in [5, 5.41) is 8.45. The fourth-order valence-corrected chi connectivity index (χ4v) is 5.31. The molecule has 0 atom stereocenters. The Morgan fingerprint density at radius 3 is 2.33 bits per heavy atom. The number of fused-ring (bicyclic) bond motifs is 9. The lowest BCUT2D eigenvalue weighted by Gasteiger charge is -2.11. The van der Waals surface area contributed by atoms with E-state index in [0.29, 0.717) is 0 Å². The Hall–Kier alpha value is -3.21. The van der Waals surface area contributed by atoms with Crippen LogP contribution in [0.3, 0.4) is 0 Å². The summed E-state index contributed by atoms with van der Waals surface area (Å²) in [5.41, 5.74) is 3.83. The van der Waals surface area contributed by atoms with Crippen LogP contribution in [0.5, 0.6) is 0 Å². The van der Waals surface area contributed by atoms with Gasteiger partial charge in [0, 0.05) is 26.2 Å². The minimum Gasteiger partial charge on any atom is -0.307 e. The van der Waals surface area contributed by atoms with E-state index < -0.39 is 0 Å². The molecule has 0 bridgehead atoms. The van der Waals surface area contributed by atoms with Crippen LogP contribution in [0.25, 0.3) is 52.6 Å². The molecule has 0 fully saturated rings. The highest BCUT2D eigenvalue weighted by atomic mass is 32.1. The Labute approximate surface area is 159 Å². The van der Waals surface area contributed by atoms with Crippen LogP contribution in [0, 0.1) is 0 Å². The maximum Gasteiger partial charge on any atom is 0.158 e. The zero-order valence-electron chi connectivity index (χ0n) is 14.4. The third kappa shape index (κ3) is 1.97. The monoisotopic (exact) mass is 365 g/mol. The van der Waals surface area contributed by atoms with E-state index in [1.54, 1.807) is 11.3 Å². The van der Waals surface area contributed by atoms with Crippen molar-refractivity contribution in [2.75, 3.05) is 5.43 Å². The molecule has 0 saturated heterocycles. The van der Waals surface area contributed by atoms with Crippen LogP contribution in [0.1, 0.15) is 0 Å². The number of hydrazine groups is 1. The number of anilines is 1. The molecule has 27 heavy (non-hydrogen) atoms. The molecule has 4 aromatic carbocycles. The summed E-state index contributed by atoms with van der Waals surface area (Å²) in [6.07, 6.45) is 0. The zero-order valence-corrected chi connectivity index (χ0v) is 15.2. The standard InChI is InChI=1S/C23H15N3S/c24-26-23-22-20(16-7-3-4-8-18(16)27-22)17-12-11-14-10-9-13-5-1-2-6-15(13)19(14)21(17)25-23/h1-12H,24H2,(H,25,26). The molecular weight excluding hydrogens is 350 g/mol. The van der Waals surface area contributed by atoms with Gasteiger partial charge in [-0.05, 0) is 22.2 Å². The van der Waals surface area contributed by atoms with Crippen LogP contribution in [0.15, 0.2) is 72.8 Å². The summed E-state index contributed by atoms with van der Waals surface area (Å²) in [6, 6.07) is 25.7. The highest BCUT2D eigenvalue weighted by Gasteiger charge is 2.16. The number of thiophene rings is 1. The van der Waals surface area contributed by atoms with Gasteiger partial charge in [0.15, 0.2) is 5.82 Å². The number of hydrogen-bond donors (Lipinski definition) is 2. The first-order valence-electron chi connectivity index (χ1n) is 8.87. The Morgan fingerprint density at radius 2 is 1.44 bits per heavy atom. The average molecular weight is 365 g/mol. The van der Waals surface area contributed by atoms with E-state index in [1.165, 1.54) is 42.4 Å². The third-order valence-corrected chi connectivity index (χ3v) is 6.50. The second kappa shape index (κ2) is 5.39. The number of nitrogen functional groups attached to an aromatic ring is 1. The van der Waals surface area contributed by atoms with Crippen LogP contribution >= 0.6 is 11.3 Å². The second-order valence-corrected chi connectivity index (χ2v) is 7.81. The van der Waals surface area contributed by atoms with E-state index >= 15 is 0 Å². The number of benzene rings is 4.